The third kappa shape index (κ3) is 4.02. The molecule has 0 saturated carbocycles. The molecule has 0 fully saturated rings. The van der Waals surface area contributed by atoms with Crippen LogP contribution in [0.1, 0.15) is 13.8 Å². The quantitative estimate of drug-likeness (QED) is 0.745. The summed E-state index contributed by atoms with van der Waals surface area (Å²) < 4.78 is 27.3. The predicted octanol–water partition coefficient (Wildman–Crippen LogP) is 2.70. The molecular formula is C12H13BrN4O3S2. The molecule has 0 saturated heterocycles. The average Bonchev–Trinajstić information content (AvgIpc) is 2.90. The fourth-order valence-electron chi connectivity index (χ4n) is 1.35. The number of sulfonamides is 1. The van der Waals surface area contributed by atoms with Crippen molar-refractivity contribution in [3.05, 3.63) is 28.7 Å². The van der Waals surface area contributed by atoms with Crippen molar-refractivity contribution in [3.8, 4) is 0 Å². The Balaban J connectivity index is 2.19. The van der Waals surface area contributed by atoms with Gasteiger partial charge in [-0.3, -0.25) is 9.52 Å². The fourth-order valence-corrected chi connectivity index (χ4v) is 3.85. The minimum absolute atomic E-state index is 0.145. The van der Waals surface area contributed by atoms with Crippen molar-refractivity contribution in [2.75, 3.05) is 10.0 Å². The van der Waals surface area contributed by atoms with Crippen molar-refractivity contribution < 1.29 is 13.2 Å². The average molecular weight is 405 g/mol. The summed E-state index contributed by atoms with van der Waals surface area (Å²) in [6.45, 7) is 3.45. The van der Waals surface area contributed by atoms with Gasteiger partial charge >= 0.3 is 0 Å². The van der Waals surface area contributed by atoms with Gasteiger partial charge in [0.2, 0.25) is 11.0 Å². The molecule has 22 heavy (non-hydrogen) atoms. The number of hydrogen-bond donors (Lipinski definition) is 2. The Labute approximate surface area is 140 Å². The summed E-state index contributed by atoms with van der Waals surface area (Å²) in [4.78, 5) is 11.6. The highest BCUT2D eigenvalue weighted by molar-refractivity contribution is 9.10. The Morgan fingerprint density at radius 3 is 2.59 bits per heavy atom. The van der Waals surface area contributed by atoms with Crippen LogP contribution in [0.5, 0.6) is 0 Å². The molecule has 118 valence electrons. The number of amides is 1. The topological polar surface area (TPSA) is 101 Å². The lowest BCUT2D eigenvalue weighted by molar-refractivity contribution is -0.118. The lowest BCUT2D eigenvalue weighted by atomic mass is 10.2. The minimum Gasteiger partial charge on any atom is -0.300 e. The number of aromatic nitrogens is 2. The number of rotatable bonds is 5. The highest BCUT2D eigenvalue weighted by Gasteiger charge is 2.22. The summed E-state index contributed by atoms with van der Waals surface area (Å²) in [6.07, 6.45) is 0. The number of hydrogen-bond acceptors (Lipinski definition) is 6. The van der Waals surface area contributed by atoms with E-state index in [1.54, 1.807) is 38.1 Å². The van der Waals surface area contributed by atoms with Gasteiger partial charge in [0, 0.05) is 10.4 Å². The van der Waals surface area contributed by atoms with Gasteiger partial charge in [0.1, 0.15) is 0 Å². The number of para-hydroxylation sites is 1. The number of carbonyl (C=O) groups excluding carboxylic acids is 1. The number of anilines is 2. The van der Waals surface area contributed by atoms with Gasteiger partial charge in [0.05, 0.1) is 5.69 Å². The monoisotopic (exact) mass is 404 g/mol. The summed E-state index contributed by atoms with van der Waals surface area (Å²) in [7, 11) is -3.86. The van der Waals surface area contributed by atoms with E-state index in [-0.39, 0.29) is 21.3 Å². The van der Waals surface area contributed by atoms with Crippen molar-refractivity contribution in [2.24, 2.45) is 5.92 Å². The van der Waals surface area contributed by atoms with Crippen molar-refractivity contribution in [3.63, 3.8) is 0 Å². The van der Waals surface area contributed by atoms with Crippen LogP contribution < -0.4 is 10.0 Å². The van der Waals surface area contributed by atoms with Crippen LogP contribution in [0.4, 0.5) is 10.8 Å². The van der Waals surface area contributed by atoms with Gasteiger partial charge in [-0.25, -0.2) is 0 Å². The van der Waals surface area contributed by atoms with E-state index in [1.165, 1.54) is 0 Å². The third-order valence-electron chi connectivity index (χ3n) is 2.51. The fraction of sp³-hybridized carbons (Fsp3) is 0.250. The molecule has 0 spiro atoms. The van der Waals surface area contributed by atoms with Crippen LogP contribution in [0.3, 0.4) is 0 Å². The zero-order valence-corrected chi connectivity index (χ0v) is 14.9. The van der Waals surface area contributed by atoms with Crippen LogP contribution in [-0.4, -0.2) is 24.5 Å². The van der Waals surface area contributed by atoms with E-state index in [0.29, 0.717) is 10.2 Å². The second-order valence-corrected chi connectivity index (χ2v) is 8.29. The third-order valence-corrected chi connectivity index (χ3v) is 5.77. The first-order valence-corrected chi connectivity index (χ1v) is 9.30. The summed E-state index contributed by atoms with van der Waals surface area (Å²) in [5.41, 5.74) is 0.394. The number of carbonyl (C=O) groups is 1. The van der Waals surface area contributed by atoms with Crippen molar-refractivity contribution in [1.29, 1.82) is 0 Å². The van der Waals surface area contributed by atoms with Gasteiger partial charge in [0.15, 0.2) is 0 Å². The second-order valence-electron chi connectivity index (χ2n) is 4.60. The van der Waals surface area contributed by atoms with E-state index in [1.807, 2.05) is 0 Å². The van der Waals surface area contributed by atoms with Gasteiger partial charge < -0.3 is 5.32 Å². The molecule has 7 nitrogen and oxygen atoms in total. The number of benzene rings is 1. The van der Waals surface area contributed by atoms with Gasteiger partial charge in [0.25, 0.3) is 14.4 Å². The van der Waals surface area contributed by atoms with Gasteiger partial charge in [-0.1, -0.05) is 37.3 Å². The van der Waals surface area contributed by atoms with Gasteiger partial charge in [-0.05, 0) is 28.1 Å². The van der Waals surface area contributed by atoms with E-state index < -0.39 is 10.0 Å². The Kier molecular flexibility index (Phi) is 5.14. The molecule has 1 amide bonds. The summed E-state index contributed by atoms with van der Waals surface area (Å²) in [5.74, 6) is -0.485. The summed E-state index contributed by atoms with van der Waals surface area (Å²) in [6, 6.07) is 6.81. The summed E-state index contributed by atoms with van der Waals surface area (Å²) >= 11 is 4.05. The van der Waals surface area contributed by atoms with Gasteiger partial charge in [-0.2, -0.15) is 8.42 Å². The first kappa shape index (κ1) is 16.8. The van der Waals surface area contributed by atoms with E-state index >= 15 is 0 Å². The zero-order chi connectivity index (χ0) is 16.3. The first-order valence-electron chi connectivity index (χ1n) is 6.21. The van der Waals surface area contributed by atoms with Crippen LogP contribution >= 0.6 is 27.3 Å². The van der Waals surface area contributed by atoms with Crippen LogP contribution in [0.25, 0.3) is 0 Å². The predicted molar refractivity (Wildman–Crippen MR) is 88.3 cm³/mol. The molecule has 1 aromatic heterocycles. The van der Waals surface area contributed by atoms with Crippen LogP contribution in [0.2, 0.25) is 0 Å². The molecule has 2 rings (SSSR count). The van der Waals surface area contributed by atoms with Crippen LogP contribution in [0.15, 0.2) is 33.1 Å². The first-order chi connectivity index (χ1) is 10.3. The number of halogens is 1. The van der Waals surface area contributed by atoms with Crippen LogP contribution in [-0.2, 0) is 14.8 Å². The van der Waals surface area contributed by atoms with Crippen molar-refractivity contribution in [1.82, 2.24) is 10.2 Å². The lowest BCUT2D eigenvalue weighted by Crippen LogP contribution is -2.17. The van der Waals surface area contributed by atoms with Crippen molar-refractivity contribution >= 4 is 54.0 Å². The molecular weight excluding hydrogens is 392 g/mol. The van der Waals surface area contributed by atoms with Gasteiger partial charge in [-0.15, -0.1) is 10.2 Å². The maximum atomic E-state index is 12.3. The molecule has 0 aliphatic rings. The summed E-state index contributed by atoms with van der Waals surface area (Å²) in [5, 5.41) is 9.95. The molecule has 0 aliphatic carbocycles. The van der Waals surface area contributed by atoms with Crippen molar-refractivity contribution in [2.45, 2.75) is 18.2 Å². The molecule has 10 heteroatoms. The lowest BCUT2D eigenvalue weighted by Gasteiger charge is -2.06. The standard InChI is InChI=1S/C12H13BrN4O3S2/c1-7(2)10(18)14-11-15-16-12(21-11)22(19,20)17-9-6-4-3-5-8(9)13/h3-7,17H,1-2H3,(H,14,15,18). The van der Waals surface area contributed by atoms with E-state index in [2.05, 4.69) is 36.2 Å². The number of nitrogens with one attached hydrogen (secondary N) is 2. The molecule has 0 bridgehead atoms. The van der Waals surface area contributed by atoms with E-state index in [4.69, 9.17) is 0 Å². The molecule has 0 radical (unpaired) electrons. The normalized spacial score (nSPS) is 11.5. The maximum Gasteiger partial charge on any atom is 0.291 e. The Hall–Kier alpha value is -1.52. The largest absolute Gasteiger partial charge is 0.300 e. The molecule has 0 aliphatic heterocycles. The highest BCUT2D eigenvalue weighted by atomic mass is 79.9. The van der Waals surface area contributed by atoms with Crippen LogP contribution in [0, 0.1) is 5.92 Å². The molecule has 2 aromatic rings. The molecule has 0 atom stereocenters. The SMILES string of the molecule is CC(C)C(=O)Nc1nnc(S(=O)(=O)Nc2ccccc2Br)s1. The van der Waals surface area contributed by atoms with E-state index in [9.17, 15) is 13.2 Å². The van der Waals surface area contributed by atoms with E-state index in [0.717, 1.165) is 11.3 Å². The molecule has 0 unspecified atom stereocenters. The molecule has 1 heterocycles. The highest BCUT2D eigenvalue weighted by Crippen LogP contribution is 2.26. The number of nitrogens with zero attached hydrogens (tertiary/aromatic N) is 2. The maximum absolute atomic E-state index is 12.3. The Morgan fingerprint density at radius 2 is 1.95 bits per heavy atom. The molecule has 2 N–H and O–H groups in total. The zero-order valence-electron chi connectivity index (χ0n) is 11.7. The molecule has 1 aromatic carbocycles. The Bertz CT molecular complexity index is 789. The Morgan fingerprint density at radius 1 is 1.27 bits per heavy atom. The minimum atomic E-state index is -3.86. The smallest absolute Gasteiger partial charge is 0.291 e. The second kappa shape index (κ2) is 6.71.